The van der Waals surface area contributed by atoms with Crippen LogP contribution in [0.15, 0.2) is 0 Å². The lowest BCUT2D eigenvalue weighted by Crippen LogP contribution is -2.44. The molecular formula is C15H29N. The van der Waals surface area contributed by atoms with Gasteiger partial charge < -0.3 is 4.90 Å². The third-order valence-electron chi connectivity index (χ3n) is 5.40. The van der Waals surface area contributed by atoms with Crippen molar-refractivity contribution in [3.63, 3.8) is 0 Å². The smallest absolute Gasteiger partial charge is 0.0180 e. The van der Waals surface area contributed by atoms with E-state index in [4.69, 9.17) is 0 Å². The van der Waals surface area contributed by atoms with Gasteiger partial charge in [0.15, 0.2) is 0 Å². The SMILES string of the molecule is CCC(C(C)C)C1N(C)CCC12CCCC2. The molecule has 1 heterocycles. The summed E-state index contributed by atoms with van der Waals surface area (Å²) >= 11 is 0. The van der Waals surface area contributed by atoms with Crippen LogP contribution in [0.5, 0.6) is 0 Å². The Labute approximate surface area is 102 Å². The topological polar surface area (TPSA) is 3.24 Å². The van der Waals surface area contributed by atoms with E-state index >= 15 is 0 Å². The highest BCUT2D eigenvalue weighted by Gasteiger charge is 2.50. The lowest BCUT2D eigenvalue weighted by atomic mass is 9.69. The van der Waals surface area contributed by atoms with Crippen molar-refractivity contribution in [3.8, 4) is 0 Å². The maximum absolute atomic E-state index is 2.68. The Morgan fingerprint density at radius 3 is 2.31 bits per heavy atom. The molecule has 2 aliphatic rings. The van der Waals surface area contributed by atoms with E-state index in [2.05, 4.69) is 32.7 Å². The molecule has 2 unspecified atom stereocenters. The second kappa shape index (κ2) is 4.68. The maximum atomic E-state index is 2.68. The van der Waals surface area contributed by atoms with Gasteiger partial charge in [-0.3, -0.25) is 0 Å². The van der Waals surface area contributed by atoms with Crippen LogP contribution in [0, 0.1) is 17.3 Å². The minimum absolute atomic E-state index is 0.708. The zero-order chi connectivity index (χ0) is 11.8. The van der Waals surface area contributed by atoms with Crippen molar-refractivity contribution in [3.05, 3.63) is 0 Å². The molecule has 0 N–H and O–H groups in total. The van der Waals surface area contributed by atoms with Gasteiger partial charge in [-0.05, 0) is 50.1 Å². The van der Waals surface area contributed by atoms with Crippen LogP contribution in [0.25, 0.3) is 0 Å². The predicted molar refractivity (Wildman–Crippen MR) is 70.6 cm³/mol. The van der Waals surface area contributed by atoms with Crippen LogP contribution in [0.3, 0.4) is 0 Å². The molecule has 1 saturated carbocycles. The first kappa shape index (κ1) is 12.4. The van der Waals surface area contributed by atoms with E-state index < -0.39 is 0 Å². The van der Waals surface area contributed by atoms with E-state index in [0.29, 0.717) is 5.41 Å². The van der Waals surface area contributed by atoms with Crippen molar-refractivity contribution in [2.75, 3.05) is 13.6 Å². The highest BCUT2D eigenvalue weighted by Crippen LogP contribution is 2.52. The van der Waals surface area contributed by atoms with Crippen molar-refractivity contribution in [1.82, 2.24) is 4.90 Å². The molecule has 1 saturated heterocycles. The molecule has 16 heavy (non-hydrogen) atoms. The summed E-state index contributed by atoms with van der Waals surface area (Å²) in [5, 5.41) is 0. The fraction of sp³-hybridized carbons (Fsp3) is 1.00. The van der Waals surface area contributed by atoms with Crippen LogP contribution in [0.1, 0.15) is 59.3 Å². The number of hydrogen-bond donors (Lipinski definition) is 0. The molecule has 2 rings (SSSR count). The van der Waals surface area contributed by atoms with Crippen LogP contribution in [0.4, 0.5) is 0 Å². The Kier molecular flexibility index (Phi) is 3.63. The van der Waals surface area contributed by atoms with Crippen LogP contribution >= 0.6 is 0 Å². The summed E-state index contributed by atoms with van der Waals surface area (Å²) in [6.07, 6.45) is 8.81. The molecule has 1 nitrogen and oxygen atoms in total. The number of likely N-dealkylation sites (tertiary alicyclic amines) is 1. The molecule has 0 aromatic rings. The largest absolute Gasteiger partial charge is 0.303 e. The minimum atomic E-state index is 0.708. The number of nitrogens with zero attached hydrogens (tertiary/aromatic N) is 1. The predicted octanol–water partition coefficient (Wildman–Crippen LogP) is 3.93. The fourth-order valence-corrected chi connectivity index (χ4v) is 4.62. The van der Waals surface area contributed by atoms with Crippen LogP contribution in [-0.4, -0.2) is 24.5 Å². The van der Waals surface area contributed by atoms with E-state index in [0.717, 1.165) is 17.9 Å². The van der Waals surface area contributed by atoms with Gasteiger partial charge in [0.05, 0.1) is 0 Å². The van der Waals surface area contributed by atoms with Crippen molar-refractivity contribution >= 4 is 0 Å². The van der Waals surface area contributed by atoms with Gasteiger partial charge in [0.1, 0.15) is 0 Å². The molecule has 94 valence electrons. The van der Waals surface area contributed by atoms with Crippen molar-refractivity contribution in [2.24, 2.45) is 17.3 Å². The highest BCUT2D eigenvalue weighted by molar-refractivity contribution is 5.03. The van der Waals surface area contributed by atoms with E-state index in [1.807, 2.05) is 0 Å². The summed E-state index contributed by atoms with van der Waals surface area (Å²) in [5.74, 6) is 1.75. The molecule has 0 aromatic heterocycles. The van der Waals surface area contributed by atoms with Gasteiger partial charge in [-0.1, -0.05) is 40.0 Å². The summed E-state index contributed by atoms with van der Waals surface area (Å²) in [7, 11) is 2.36. The standard InChI is InChI=1S/C15H29N/c1-5-13(12(2)3)14-15(8-6-7-9-15)10-11-16(14)4/h12-14H,5-11H2,1-4H3. The van der Waals surface area contributed by atoms with Gasteiger partial charge in [-0.15, -0.1) is 0 Å². The van der Waals surface area contributed by atoms with E-state index in [1.165, 1.54) is 45.1 Å². The molecule has 1 aliphatic heterocycles. The number of rotatable bonds is 3. The van der Waals surface area contributed by atoms with Crippen LogP contribution in [0.2, 0.25) is 0 Å². The first-order chi connectivity index (χ1) is 7.60. The van der Waals surface area contributed by atoms with E-state index in [-0.39, 0.29) is 0 Å². The Bertz CT molecular complexity index is 228. The molecule has 2 atom stereocenters. The average molecular weight is 223 g/mol. The summed E-state index contributed by atoms with van der Waals surface area (Å²) in [6.45, 7) is 8.57. The molecule has 0 bridgehead atoms. The van der Waals surface area contributed by atoms with Crippen molar-refractivity contribution in [1.29, 1.82) is 0 Å². The average Bonchev–Trinajstić information content (AvgIpc) is 2.82. The van der Waals surface area contributed by atoms with E-state index in [1.54, 1.807) is 0 Å². The van der Waals surface area contributed by atoms with Gasteiger partial charge in [-0.2, -0.15) is 0 Å². The van der Waals surface area contributed by atoms with Gasteiger partial charge >= 0.3 is 0 Å². The van der Waals surface area contributed by atoms with Gasteiger partial charge in [0.25, 0.3) is 0 Å². The summed E-state index contributed by atoms with van der Waals surface area (Å²) in [5.41, 5.74) is 0.708. The second-order valence-corrected chi connectivity index (χ2v) is 6.56. The van der Waals surface area contributed by atoms with E-state index in [9.17, 15) is 0 Å². The molecular weight excluding hydrogens is 194 g/mol. The second-order valence-electron chi connectivity index (χ2n) is 6.56. The quantitative estimate of drug-likeness (QED) is 0.700. The molecule has 0 aromatic carbocycles. The van der Waals surface area contributed by atoms with Gasteiger partial charge in [-0.25, -0.2) is 0 Å². The summed E-state index contributed by atoms with van der Waals surface area (Å²) in [4.78, 5) is 2.68. The third kappa shape index (κ3) is 1.92. The normalized spacial score (nSPS) is 31.7. The lowest BCUT2D eigenvalue weighted by molar-refractivity contribution is 0.0874. The molecule has 0 amide bonds. The Morgan fingerprint density at radius 2 is 1.81 bits per heavy atom. The zero-order valence-electron chi connectivity index (χ0n) is 11.6. The Morgan fingerprint density at radius 1 is 1.19 bits per heavy atom. The third-order valence-corrected chi connectivity index (χ3v) is 5.40. The zero-order valence-corrected chi connectivity index (χ0v) is 11.6. The molecule has 0 radical (unpaired) electrons. The van der Waals surface area contributed by atoms with Crippen LogP contribution in [-0.2, 0) is 0 Å². The first-order valence-electron chi connectivity index (χ1n) is 7.31. The summed E-state index contributed by atoms with van der Waals surface area (Å²) < 4.78 is 0. The highest BCUT2D eigenvalue weighted by atomic mass is 15.2. The molecule has 1 heteroatoms. The molecule has 1 aliphatic carbocycles. The van der Waals surface area contributed by atoms with Crippen molar-refractivity contribution in [2.45, 2.75) is 65.3 Å². The maximum Gasteiger partial charge on any atom is 0.0180 e. The molecule has 2 fully saturated rings. The van der Waals surface area contributed by atoms with Gasteiger partial charge in [0, 0.05) is 6.04 Å². The van der Waals surface area contributed by atoms with Crippen molar-refractivity contribution < 1.29 is 0 Å². The number of hydrogen-bond acceptors (Lipinski definition) is 1. The monoisotopic (exact) mass is 223 g/mol. The van der Waals surface area contributed by atoms with Gasteiger partial charge in [0.2, 0.25) is 0 Å². The molecule has 1 spiro atoms. The Hall–Kier alpha value is -0.0400. The van der Waals surface area contributed by atoms with Crippen LogP contribution < -0.4 is 0 Å². The Balaban J connectivity index is 2.20. The fourth-order valence-electron chi connectivity index (χ4n) is 4.62. The summed E-state index contributed by atoms with van der Waals surface area (Å²) in [6, 6.07) is 0.875. The first-order valence-corrected chi connectivity index (χ1v) is 7.31. The lowest BCUT2D eigenvalue weighted by Gasteiger charge is -2.41. The minimum Gasteiger partial charge on any atom is -0.303 e.